The Morgan fingerprint density at radius 3 is 1.70 bits per heavy atom. The van der Waals surface area contributed by atoms with E-state index in [-0.39, 0.29) is 128 Å². The number of aromatic amines is 1. The predicted molar refractivity (Wildman–Crippen MR) is 389 cm³/mol. The van der Waals surface area contributed by atoms with Crippen LogP contribution < -0.4 is 86.3 Å². The number of aromatic nitrogens is 1. The number of carbonyl (C=O) groups is 14. The van der Waals surface area contributed by atoms with Crippen LogP contribution in [0, 0.1) is 10.8 Å². The monoisotopic (exact) mass is 1500 g/mol. The molecule has 4 heterocycles. The van der Waals surface area contributed by atoms with Crippen molar-refractivity contribution in [3.8, 4) is 11.1 Å². The lowest BCUT2D eigenvalue weighted by molar-refractivity contribution is -0.146. The van der Waals surface area contributed by atoms with E-state index in [2.05, 4.69) is 74.1 Å². The fraction of sp³-hybridized carbons (Fsp3) is 0.493. The number of H-pyrrole nitrogens is 1. The maximum absolute atomic E-state index is 14.9. The number of para-hydroxylation sites is 1. The maximum Gasteiger partial charge on any atom is 0.407 e. The molecule has 13 amide bonds. The van der Waals surface area contributed by atoms with Crippen molar-refractivity contribution in [2.24, 2.45) is 17.2 Å². The number of nitrogens with zero attached hydrogens (tertiary/aromatic N) is 1. The van der Waals surface area contributed by atoms with Gasteiger partial charge in [0.15, 0.2) is 11.9 Å². The van der Waals surface area contributed by atoms with E-state index >= 15 is 0 Å². The first-order valence-corrected chi connectivity index (χ1v) is 35.9. The van der Waals surface area contributed by atoms with E-state index in [4.69, 9.17) is 32.8 Å². The molecular weight excluding hydrogens is 1400 g/mol. The highest BCUT2D eigenvalue weighted by molar-refractivity contribution is 6.00. The number of carboxylic acids is 1. The third-order valence-corrected chi connectivity index (χ3v) is 19.1. The van der Waals surface area contributed by atoms with Crippen molar-refractivity contribution in [1.82, 2.24) is 79.0 Å². The molecule has 1 unspecified atom stereocenters. The van der Waals surface area contributed by atoms with Crippen LogP contribution in [-0.2, 0) is 73.5 Å². The molecule has 582 valence electrons. The number of carboxylic acid groups (broad SMARTS) is 1. The van der Waals surface area contributed by atoms with Crippen LogP contribution in [-0.4, -0.2) is 221 Å². The summed E-state index contributed by atoms with van der Waals surface area (Å²) in [7, 11) is 0. The summed E-state index contributed by atoms with van der Waals surface area (Å²) < 4.78 is 5.64. The van der Waals surface area contributed by atoms with Crippen molar-refractivity contribution in [1.29, 1.82) is 10.8 Å². The molecule has 108 heavy (non-hydrogen) atoms. The second-order valence-electron chi connectivity index (χ2n) is 27.0. The molecule has 1 aromatic heterocycles. The third-order valence-electron chi connectivity index (χ3n) is 19.1. The Morgan fingerprint density at radius 1 is 0.565 bits per heavy atom. The van der Waals surface area contributed by atoms with Crippen LogP contribution in [0.25, 0.3) is 22.0 Å². The summed E-state index contributed by atoms with van der Waals surface area (Å²) in [5.74, 6) is -15.1. The first-order chi connectivity index (χ1) is 51.7. The fourth-order valence-electron chi connectivity index (χ4n) is 13.5. The Morgan fingerprint density at radius 2 is 1.09 bits per heavy atom. The Bertz CT molecular complexity index is 3920. The molecule has 1 aliphatic carbocycles. The number of ether oxygens (including phenoxy) is 1. The molecule has 3 fully saturated rings. The number of primary amides is 1. The summed E-state index contributed by atoms with van der Waals surface area (Å²) in [6.07, 6.45) is -4.01. The number of aliphatic carboxylic acids is 1. The summed E-state index contributed by atoms with van der Waals surface area (Å²) in [4.78, 5) is 204. The number of nitrogens with two attached hydrogens (primary N) is 3. The van der Waals surface area contributed by atoms with E-state index in [9.17, 15) is 77.3 Å². The zero-order valence-electron chi connectivity index (χ0n) is 59.7. The van der Waals surface area contributed by atoms with E-state index in [0.29, 0.717) is 11.2 Å². The molecule has 3 aromatic carbocycles. The van der Waals surface area contributed by atoms with Gasteiger partial charge in [0.2, 0.25) is 70.9 Å². The van der Waals surface area contributed by atoms with Gasteiger partial charge in [-0.2, -0.15) is 0 Å². The first-order valence-electron chi connectivity index (χ1n) is 35.9. The van der Waals surface area contributed by atoms with Crippen molar-refractivity contribution < 1.29 is 82.1 Å². The smallest absolute Gasteiger partial charge is 0.407 e. The van der Waals surface area contributed by atoms with Gasteiger partial charge in [0.1, 0.15) is 79.6 Å². The second kappa shape index (κ2) is 39.4. The van der Waals surface area contributed by atoms with Crippen molar-refractivity contribution in [3.63, 3.8) is 0 Å². The van der Waals surface area contributed by atoms with Gasteiger partial charge in [-0.3, -0.25) is 73.1 Å². The number of hydrogen-bond donors (Lipinski definition) is 21. The molecule has 2 bridgehead atoms. The fourth-order valence-corrected chi connectivity index (χ4v) is 13.5. The van der Waals surface area contributed by atoms with Gasteiger partial charge in [0.05, 0.1) is 13.0 Å². The number of benzene rings is 3. The third kappa shape index (κ3) is 23.3. The van der Waals surface area contributed by atoms with Crippen LogP contribution in [0.2, 0.25) is 0 Å². The lowest BCUT2D eigenvalue weighted by Crippen LogP contribution is -2.61. The van der Waals surface area contributed by atoms with E-state index in [1.807, 2.05) is 48.5 Å². The summed E-state index contributed by atoms with van der Waals surface area (Å²) in [6.45, 7) is -0.943. The zero-order chi connectivity index (χ0) is 78.1. The summed E-state index contributed by atoms with van der Waals surface area (Å²) in [6, 6.07) is 6.25. The van der Waals surface area contributed by atoms with E-state index in [0.717, 1.165) is 32.5 Å². The van der Waals surface area contributed by atoms with Gasteiger partial charge in [0, 0.05) is 43.2 Å². The van der Waals surface area contributed by atoms with Crippen molar-refractivity contribution in [2.45, 2.75) is 182 Å². The van der Waals surface area contributed by atoms with Gasteiger partial charge in [-0.05, 0) is 111 Å². The van der Waals surface area contributed by atoms with Crippen molar-refractivity contribution in [2.75, 3.05) is 39.4 Å². The van der Waals surface area contributed by atoms with Gasteiger partial charge in [0.25, 0.3) is 0 Å². The van der Waals surface area contributed by atoms with Gasteiger partial charge in [-0.25, -0.2) is 4.79 Å². The number of alkyl carbamates (subject to hydrolysis) is 1. The topological polar surface area (TPSA) is 590 Å². The number of carbonyl (C=O) groups excluding carboxylic acids is 13. The first kappa shape index (κ1) is 81.7. The number of hydrogen-bond acceptors (Lipinski definition) is 18. The molecule has 0 spiro atoms. The lowest BCUT2D eigenvalue weighted by Gasteiger charge is -2.30. The van der Waals surface area contributed by atoms with Crippen LogP contribution >= 0.6 is 0 Å². The van der Waals surface area contributed by atoms with Crippen LogP contribution in [0.15, 0.2) is 78.9 Å². The molecule has 11 atom stereocenters. The van der Waals surface area contributed by atoms with Crippen molar-refractivity contribution >= 4 is 106 Å². The van der Waals surface area contributed by atoms with Crippen LogP contribution in [0.5, 0.6) is 0 Å². The van der Waals surface area contributed by atoms with Gasteiger partial charge in [-0.1, -0.05) is 92.4 Å². The molecular formula is C71H96N20O17. The zero-order valence-corrected chi connectivity index (χ0v) is 59.7. The van der Waals surface area contributed by atoms with E-state index in [1.54, 1.807) is 30.3 Å². The van der Waals surface area contributed by atoms with Gasteiger partial charge >= 0.3 is 12.1 Å². The molecule has 0 saturated carbocycles. The molecule has 4 aliphatic rings. The largest absolute Gasteiger partial charge is 0.481 e. The van der Waals surface area contributed by atoms with E-state index < -0.39 is 181 Å². The number of amides is 13. The normalized spacial score (nSPS) is 24.2. The minimum absolute atomic E-state index is 0.00949. The predicted octanol–water partition coefficient (Wildman–Crippen LogP) is -3.27. The SMILES string of the molecule is C[C@@H]1NC(=O)[C@@H]2CCCC[C@H](NC(=O)CNC(=O)OCC3c4ccccc4-c4ccccc43)C(=O)N[C@@H](CCCC[C@@H](C(N)=O)NC(=O)[C@H](CCCNC(=N)N)NC(=O)[C@H](Cc3cc4ccccc4[nH]3)NC1=O)C(=O)N[C@@H](CO)C(=O)N[C@@H](CC(=O)O)C(=O)N1CCCC1C(=O)N[C@@H](CCCNC(=N)N)C(=O)N2. The average Bonchev–Trinajstić information content (AvgIpc) is 1.62. The molecule has 37 nitrogen and oxygen atoms in total. The Labute approximate surface area is 620 Å². The van der Waals surface area contributed by atoms with Gasteiger partial charge in [-0.15, -0.1) is 0 Å². The second-order valence-corrected chi connectivity index (χ2v) is 27.0. The number of nitrogens with one attached hydrogen (secondary N) is 16. The van der Waals surface area contributed by atoms with Crippen molar-refractivity contribution in [3.05, 3.63) is 95.7 Å². The number of guanidine groups is 2. The summed E-state index contributed by atoms with van der Waals surface area (Å²) >= 11 is 0. The maximum atomic E-state index is 14.9. The Hall–Kier alpha value is -11.9. The molecule has 3 aliphatic heterocycles. The molecule has 24 N–H and O–H groups in total. The number of aliphatic hydroxyl groups excluding tert-OH is 1. The minimum Gasteiger partial charge on any atom is -0.481 e. The average molecular weight is 1500 g/mol. The van der Waals surface area contributed by atoms with Gasteiger partial charge < -0.3 is 111 Å². The standard InChI is InChI=1S/C71H96N20O17/c1-37-59(97)88-52(32-39-31-38-15-2-7-20-45(38)81-39)65(103)86-50(25-12-28-77-69(73)74)62(100)83-46(58(72)96)21-8-9-24-49-64(102)90-54(35-92)66(104)89-53(33-57(94)95)68(106)91-30-14-27-55(91)67(105)87-51(26-13-29-78-70(75)76)63(101)84-48(60(98)80-37)23-11-10-22-47(61(99)85-49)82-56(93)34-79-71(107)108-36-44-42-18-5-3-16-40(42)41-17-4-6-19-43(41)44/h2-7,15-20,31,37,44,46-55,81,92H,8-14,21-30,32-36H2,1H3,(H2,72,96)(H,79,107)(H,80,98)(H,82,93)(H,83,100)(H,84,101)(H,85,99)(H,86,103)(H,87,105)(H,88,97)(H,89,104)(H,90,102)(H,94,95)(H4,73,74,77)(H4,75,76,78)/t37-,46-,47-,48-,49-,50-,51-,52-,53-,54-,55?/m0/s1. The molecule has 8 rings (SSSR count). The summed E-state index contributed by atoms with van der Waals surface area (Å²) in [5.41, 5.74) is 21.8. The van der Waals surface area contributed by atoms with E-state index in [1.165, 1.54) is 6.92 Å². The Balaban J connectivity index is 1.17. The van der Waals surface area contributed by atoms with Crippen LogP contribution in [0.4, 0.5) is 4.79 Å². The highest BCUT2D eigenvalue weighted by atomic mass is 16.5. The molecule has 0 radical (unpaired) electrons. The quantitative estimate of drug-likeness (QED) is 0.0249. The van der Waals surface area contributed by atoms with Crippen LogP contribution in [0.1, 0.15) is 126 Å². The molecule has 3 saturated heterocycles. The lowest BCUT2D eigenvalue weighted by atomic mass is 9.98. The Kier molecular flexibility index (Phi) is 29.8. The highest BCUT2D eigenvalue weighted by Gasteiger charge is 2.42. The number of aliphatic hydroxyl groups is 1. The highest BCUT2D eigenvalue weighted by Crippen LogP contribution is 2.44. The number of fused-ring (bicyclic) bond motifs is 13. The number of rotatable bonds is 19. The molecule has 37 heteroatoms. The minimum atomic E-state index is -1.98. The summed E-state index contributed by atoms with van der Waals surface area (Å²) in [5, 5.41) is 70.1. The molecule has 4 aromatic rings. The van der Waals surface area contributed by atoms with Crippen LogP contribution in [0.3, 0.4) is 0 Å².